The number of rotatable bonds is 4. The average molecular weight is 410 g/mol. The topological polar surface area (TPSA) is 130 Å². The Labute approximate surface area is 179 Å². The molecule has 3 aromatic rings. The van der Waals surface area contributed by atoms with E-state index in [1.54, 1.807) is 66.7 Å². The van der Waals surface area contributed by atoms with Gasteiger partial charge in [0.25, 0.3) is 0 Å². The van der Waals surface area contributed by atoms with Gasteiger partial charge in [-0.2, -0.15) is 10.5 Å². The molecular weight excluding hydrogens is 392 g/mol. The van der Waals surface area contributed by atoms with Crippen molar-refractivity contribution < 1.29 is 9.59 Å². The van der Waals surface area contributed by atoms with E-state index in [1.165, 1.54) is 0 Å². The van der Waals surface area contributed by atoms with E-state index in [0.717, 1.165) is 5.56 Å². The zero-order valence-electron chi connectivity index (χ0n) is 16.6. The molecule has 0 spiro atoms. The molecule has 3 rings (SSSR count). The van der Waals surface area contributed by atoms with Crippen molar-refractivity contribution in [1.29, 1.82) is 10.5 Å². The number of hydrogen-bond acceptors (Lipinski definition) is 4. The van der Waals surface area contributed by atoms with Gasteiger partial charge in [0.1, 0.15) is 12.1 Å². The number of nitriles is 2. The van der Waals surface area contributed by atoms with E-state index < -0.39 is 12.1 Å². The van der Waals surface area contributed by atoms with Crippen LogP contribution in [0.5, 0.6) is 0 Å². The number of amides is 4. The van der Waals surface area contributed by atoms with Crippen LogP contribution in [0.2, 0.25) is 0 Å². The number of hydrogen-bond donors (Lipinski definition) is 4. The second-order valence-electron chi connectivity index (χ2n) is 6.50. The number of para-hydroxylation sites is 2. The first-order valence-corrected chi connectivity index (χ1v) is 9.25. The highest BCUT2D eigenvalue weighted by Crippen LogP contribution is 2.22. The average Bonchev–Trinajstić information content (AvgIpc) is 2.76. The van der Waals surface area contributed by atoms with Gasteiger partial charge >= 0.3 is 12.1 Å². The van der Waals surface area contributed by atoms with Crippen LogP contribution < -0.4 is 21.3 Å². The van der Waals surface area contributed by atoms with Gasteiger partial charge in [-0.15, -0.1) is 0 Å². The monoisotopic (exact) mass is 410 g/mol. The summed E-state index contributed by atoms with van der Waals surface area (Å²) < 4.78 is 0. The van der Waals surface area contributed by atoms with Gasteiger partial charge in [0.2, 0.25) is 0 Å². The van der Waals surface area contributed by atoms with Crippen LogP contribution >= 0.6 is 0 Å². The molecule has 0 fully saturated rings. The summed E-state index contributed by atoms with van der Waals surface area (Å²) in [5.74, 6) is 0. The van der Waals surface area contributed by atoms with E-state index in [9.17, 15) is 9.59 Å². The first kappa shape index (κ1) is 20.9. The summed E-state index contributed by atoms with van der Waals surface area (Å²) in [6.45, 7) is 1.81. The maximum absolute atomic E-state index is 12.4. The summed E-state index contributed by atoms with van der Waals surface area (Å²) in [6.07, 6.45) is 0. The minimum atomic E-state index is -0.523. The molecule has 8 heteroatoms. The molecule has 0 aliphatic carbocycles. The van der Waals surface area contributed by atoms with Gasteiger partial charge in [-0.25, -0.2) is 9.59 Å². The second-order valence-corrected chi connectivity index (χ2v) is 6.50. The Bertz CT molecular complexity index is 1220. The van der Waals surface area contributed by atoms with Gasteiger partial charge in [-0.05, 0) is 48.9 Å². The van der Waals surface area contributed by atoms with Crippen LogP contribution in [-0.4, -0.2) is 12.1 Å². The van der Waals surface area contributed by atoms with Gasteiger partial charge < -0.3 is 21.3 Å². The van der Waals surface area contributed by atoms with Crippen molar-refractivity contribution in [2.24, 2.45) is 0 Å². The van der Waals surface area contributed by atoms with Gasteiger partial charge in [0.15, 0.2) is 0 Å². The fourth-order valence-electron chi connectivity index (χ4n) is 2.77. The highest BCUT2D eigenvalue weighted by molar-refractivity contribution is 6.03. The molecule has 0 aromatic heterocycles. The van der Waals surface area contributed by atoms with Crippen LogP contribution in [0.1, 0.15) is 16.7 Å². The molecule has 4 N–H and O–H groups in total. The molecule has 0 unspecified atom stereocenters. The van der Waals surface area contributed by atoms with Gasteiger partial charge in [-0.3, -0.25) is 0 Å². The van der Waals surface area contributed by atoms with E-state index in [-0.39, 0.29) is 0 Å². The normalized spacial score (nSPS) is 9.65. The van der Waals surface area contributed by atoms with Crippen molar-refractivity contribution in [2.75, 3.05) is 21.3 Å². The summed E-state index contributed by atoms with van der Waals surface area (Å²) in [6, 6.07) is 21.4. The third-order valence-electron chi connectivity index (χ3n) is 4.34. The molecule has 0 atom stereocenters. The van der Waals surface area contributed by atoms with E-state index in [1.807, 2.05) is 19.1 Å². The van der Waals surface area contributed by atoms with Gasteiger partial charge in [0, 0.05) is 11.4 Å². The summed E-state index contributed by atoms with van der Waals surface area (Å²) in [5.41, 5.74) is 3.20. The maximum Gasteiger partial charge on any atom is 0.323 e. The van der Waals surface area contributed by atoms with Crippen molar-refractivity contribution in [3.8, 4) is 12.1 Å². The molecule has 4 amide bonds. The van der Waals surface area contributed by atoms with Crippen LogP contribution in [0.4, 0.5) is 32.3 Å². The second kappa shape index (κ2) is 9.59. The quantitative estimate of drug-likeness (QED) is 0.481. The number of carbonyl (C=O) groups excluding carboxylic acids is 2. The van der Waals surface area contributed by atoms with Crippen molar-refractivity contribution in [1.82, 2.24) is 0 Å². The zero-order valence-corrected chi connectivity index (χ0v) is 16.6. The Morgan fingerprint density at radius 2 is 1.16 bits per heavy atom. The number of urea groups is 2. The highest BCUT2D eigenvalue weighted by Gasteiger charge is 2.11. The molecule has 31 heavy (non-hydrogen) atoms. The van der Waals surface area contributed by atoms with Crippen LogP contribution in [0.3, 0.4) is 0 Å². The van der Waals surface area contributed by atoms with Crippen LogP contribution in [0, 0.1) is 29.6 Å². The van der Waals surface area contributed by atoms with Gasteiger partial charge in [0.05, 0.1) is 22.5 Å². The molecule has 0 saturated heterocycles. The van der Waals surface area contributed by atoms with E-state index in [4.69, 9.17) is 10.5 Å². The summed E-state index contributed by atoms with van der Waals surface area (Å²) >= 11 is 0. The van der Waals surface area contributed by atoms with E-state index in [2.05, 4.69) is 21.3 Å². The van der Waals surface area contributed by atoms with Gasteiger partial charge in [-0.1, -0.05) is 30.3 Å². The van der Waals surface area contributed by atoms with Crippen molar-refractivity contribution in [2.45, 2.75) is 6.92 Å². The fourth-order valence-corrected chi connectivity index (χ4v) is 2.77. The predicted molar refractivity (Wildman–Crippen MR) is 119 cm³/mol. The lowest BCUT2D eigenvalue weighted by molar-refractivity contribution is 0.261. The lowest BCUT2D eigenvalue weighted by atomic mass is 10.1. The lowest BCUT2D eigenvalue weighted by Gasteiger charge is -2.13. The first-order valence-electron chi connectivity index (χ1n) is 9.25. The Morgan fingerprint density at radius 3 is 1.71 bits per heavy atom. The molecule has 0 heterocycles. The Hall–Kier alpha value is -4.82. The maximum atomic E-state index is 12.4. The molecule has 0 aliphatic heterocycles. The smallest absolute Gasteiger partial charge is 0.308 e. The third kappa shape index (κ3) is 5.37. The van der Waals surface area contributed by atoms with Crippen LogP contribution in [0.15, 0.2) is 66.7 Å². The standard InChI is InChI=1S/C23H18N6O2/c1-15-10-11-18(26-22(30)27-19-8-4-2-6-16(19)13-24)12-21(15)29-23(31)28-20-9-5-3-7-17(20)14-25/h2-12H,1H3,(H2,26,27,30)(H2,28,29,31). The Morgan fingerprint density at radius 1 is 0.677 bits per heavy atom. The summed E-state index contributed by atoms with van der Waals surface area (Å²) in [5, 5.41) is 28.9. The lowest BCUT2D eigenvalue weighted by Crippen LogP contribution is -2.22. The molecule has 8 nitrogen and oxygen atoms in total. The fraction of sp³-hybridized carbons (Fsp3) is 0.0435. The predicted octanol–water partition coefficient (Wildman–Crippen LogP) is 5.03. The first-order chi connectivity index (χ1) is 15.0. The van der Waals surface area contributed by atoms with E-state index in [0.29, 0.717) is 33.9 Å². The minimum absolute atomic E-state index is 0.346. The summed E-state index contributed by atoms with van der Waals surface area (Å²) in [7, 11) is 0. The molecule has 0 saturated carbocycles. The Kier molecular flexibility index (Phi) is 6.47. The molecule has 0 bridgehead atoms. The number of nitrogens with zero attached hydrogens (tertiary/aromatic N) is 2. The number of aryl methyl sites for hydroxylation is 1. The van der Waals surface area contributed by atoms with Crippen LogP contribution in [0.25, 0.3) is 0 Å². The SMILES string of the molecule is Cc1ccc(NC(=O)Nc2ccccc2C#N)cc1NC(=O)Nc1ccccc1C#N. The van der Waals surface area contributed by atoms with Crippen LogP contribution in [-0.2, 0) is 0 Å². The van der Waals surface area contributed by atoms with Crippen molar-refractivity contribution in [3.05, 3.63) is 83.4 Å². The summed E-state index contributed by atoms with van der Waals surface area (Å²) in [4.78, 5) is 24.7. The Balaban J connectivity index is 1.68. The third-order valence-corrected chi connectivity index (χ3v) is 4.34. The molecule has 3 aromatic carbocycles. The molecule has 0 aliphatic rings. The number of anilines is 4. The highest BCUT2D eigenvalue weighted by atomic mass is 16.2. The van der Waals surface area contributed by atoms with Crippen molar-refractivity contribution in [3.63, 3.8) is 0 Å². The number of nitrogens with one attached hydrogen (secondary N) is 4. The molecule has 0 radical (unpaired) electrons. The minimum Gasteiger partial charge on any atom is -0.308 e. The van der Waals surface area contributed by atoms with Crippen molar-refractivity contribution >= 4 is 34.8 Å². The number of carbonyl (C=O) groups is 2. The number of benzene rings is 3. The molecule has 152 valence electrons. The molecular formula is C23H18N6O2. The van der Waals surface area contributed by atoms with E-state index >= 15 is 0 Å². The zero-order chi connectivity index (χ0) is 22.2. The largest absolute Gasteiger partial charge is 0.323 e.